The Morgan fingerprint density at radius 1 is 1.36 bits per heavy atom. The van der Waals surface area contributed by atoms with Crippen molar-refractivity contribution in [1.29, 1.82) is 0 Å². The fraction of sp³-hybridized carbons (Fsp3) is 0. The van der Waals surface area contributed by atoms with Gasteiger partial charge in [-0.1, -0.05) is 23.2 Å². The topological polar surface area (TPSA) is 35.3 Å². The molecule has 0 saturated heterocycles. The summed E-state index contributed by atoms with van der Waals surface area (Å²) in [6.45, 7) is 0. The number of hydrogen-bond donors (Lipinski definition) is 0. The predicted octanol–water partition coefficient (Wildman–Crippen LogP) is 3.57. The van der Waals surface area contributed by atoms with Crippen LogP contribution in [0.5, 0.6) is 11.6 Å². The van der Waals surface area contributed by atoms with Gasteiger partial charge >= 0.3 is 0 Å². The number of hydrogen-bond acceptors (Lipinski definition) is 3. The molecular weight excluding hydrogens is 225 g/mol. The average molecular weight is 229 g/mol. The zero-order valence-electron chi connectivity index (χ0n) is 6.83. The van der Waals surface area contributed by atoms with Gasteiger partial charge in [0.2, 0.25) is 0 Å². The Kier molecular flexibility index (Phi) is 2.61. The molecule has 0 bridgehead atoms. The van der Waals surface area contributed by atoms with Gasteiger partial charge in [0, 0.05) is 5.02 Å². The van der Waals surface area contributed by atoms with E-state index in [9.17, 15) is 0 Å². The molecule has 0 unspecified atom stereocenters. The van der Waals surface area contributed by atoms with E-state index in [-0.39, 0.29) is 0 Å². The second-order valence-electron chi connectivity index (χ2n) is 2.45. The number of nitrogens with zero attached hydrogens (tertiary/aromatic N) is 1. The maximum atomic E-state index is 5.87. The lowest BCUT2D eigenvalue weighted by Crippen LogP contribution is -1.84. The van der Waals surface area contributed by atoms with Crippen LogP contribution in [0.2, 0.25) is 10.0 Å². The van der Waals surface area contributed by atoms with Gasteiger partial charge in [0.05, 0.1) is 5.02 Å². The maximum absolute atomic E-state index is 5.87. The smallest absolute Gasteiger partial charge is 0.287 e. The van der Waals surface area contributed by atoms with Crippen LogP contribution in [0.15, 0.2) is 28.9 Å². The fourth-order valence-electron chi connectivity index (χ4n) is 0.892. The van der Waals surface area contributed by atoms with Crippen molar-refractivity contribution in [3.05, 3.63) is 40.9 Å². The first-order valence-electron chi connectivity index (χ1n) is 3.70. The largest absolute Gasteiger partial charge is 0.437 e. The highest BCUT2D eigenvalue weighted by atomic mass is 35.5. The molecule has 0 aliphatic heterocycles. The zero-order valence-corrected chi connectivity index (χ0v) is 8.34. The summed E-state index contributed by atoms with van der Waals surface area (Å²) in [4.78, 5) is 3.67. The molecule has 0 saturated carbocycles. The molecule has 14 heavy (non-hydrogen) atoms. The molecule has 0 fully saturated rings. The molecule has 1 radical (unpaired) electrons. The first-order valence-corrected chi connectivity index (χ1v) is 4.46. The van der Waals surface area contributed by atoms with E-state index in [4.69, 9.17) is 27.9 Å². The SMILES string of the molecule is Clc1ccc(Oc2co[c]n2)c(Cl)c1. The van der Waals surface area contributed by atoms with Gasteiger partial charge in [0.15, 0.2) is 6.26 Å². The van der Waals surface area contributed by atoms with Crippen LogP contribution in [0.3, 0.4) is 0 Å². The lowest BCUT2D eigenvalue weighted by atomic mass is 10.3. The molecule has 1 aromatic heterocycles. The minimum absolute atomic E-state index is 0.300. The third-order valence-corrected chi connectivity index (χ3v) is 2.01. The van der Waals surface area contributed by atoms with Crippen molar-refractivity contribution in [3.8, 4) is 11.6 Å². The van der Waals surface area contributed by atoms with Crippen molar-refractivity contribution in [1.82, 2.24) is 4.98 Å². The molecule has 3 nitrogen and oxygen atoms in total. The van der Waals surface area contributed by atoms with E-state index in [0.717, 1.165) is 0 Å². The Bertz CT molecular complexity index is 428. The second kappa shape index (κ2) is 3.90. The Labute approximate surface area is 90.2 Å². The predicted molar refractivity (Wildman–Crippen MR) is 51.9 cm³/mol. The number of halogens is 2. The molecule has 5 heteroatoms. The van der Waals surface area contributed by atoms with Crippen molar-refractivity contribution in [3.63, 3.8) is 0 Å². The van der Waals surface area contributed by atoms with Crippen LogP contribution in [-0.4, -0.2) is 4.98 Å². The summed E-state index contributed by atoms with van der Waals surface area (Å²) >= 11 is 11.6. The van der Waals surface area contributed by atoms with Crippen LogP contribution < -0.4 is 4.74 Å². The zero-order chi connectivity index (χ0) is 9.97. The van der Waals surface area contributed by atoms with Crippen LogP contribution in [0.25, 0.3) is 0 Å². The Morgan fingerprint density at radius 2 is 2.21 bits per heavy atom. The third kappa shape index (κ3) is 2.00. The average Bonchev–Trinajstić information content (AvgIpc) is 2.62. The molecule has 2 aromatic rings. The summed E-state index contributed by atoms with van der Waals surface area (Å²) in [7, 11) is 0. The number of rotatable bonds is 2. The number of oxazole rings is 1. The summed E-state index contributed by atoms with van der Waals surface area (Å²) in [5, 5.41) is 0.967. The minimum Gasteiger partial charge on any atom is -0.437 e. The molecule has 71 valence electrons. The molecular formula is C9H4Cl2NO2. The lowest BCUT2D eigenvalue weighted by molar-refractivity contribution is 0.457. The first kappa shape index (κ1) is 9.37. The van der Waals surface area contributed by atoms with Gasteiger partial charge in [-0.3, -0.25) is 0 Å². The number of ether oxygens (including phenoxy) is 1. The molecule has 0 atom stereocenters. The van der Waals surface area contributed by atoms with Crippen molar-refractivity contribution < 1.29 is 9.15 Å². The van der Waals surface area contributed by atoms with Gasteiger partial charge in [-0.25, -0.2) is 0 Å². The highest BCUT2D eigenvalue weighted by Gasteiger charge is 2.05. The van der Waals surface area contributed by atoms with E-state index in [1.165, 1.54) is 6.26 Å². The van der Waals surface area contributed by atoms with Gasteiger partial charge < -0.3 is 9.15 Å². The molecule has 2 rings (SSSR count). The summed E-state index contributed by atoms with van der Waals surface area (Å²) in [6, 6.07) is 4.91. The van der Waals surface area contributed by atoms with Crippen LogP contribution in [0.1, 0.15) is 0 Å². The lowest BCUT2D eigenvalue weighted by Gasteiger charge is -2.03. The summed E-state index contributed by atoms with van der Waals surface area (Å²) in [5.41, 5.74) is 0. The van der Waals surface area contributed by atoms with Crippen LogP contribution in [-0.2, 0) is 0 Å². The van der Waals surface area contributed by atoms with Crippen LogP contribution in [0, 0.1) is 6.39 Å². The summed E-state index contributed by atoms with van der Waals surface area (Å²) in [6.07, 6.45) is 3.59. The van der Waals surface area contributed by atoms with Gasteiger partial charge in [-0.2, -0.15) is 4.98 Å². The van der Waals surface area contributed by atoms with Crippen molar-refractivity contribution in [2.75, 3.05) is 0 Å². The maximum Gasteiger partial charge on any atom is 0.287 e. The van der Waals surface area contributed by atoms with E-state index in [1.54, 1.807) is 18.2 Å². The van der Waals surface area contributed by atoms with Crippen molar-refractivity contribution in [2.45, 2.75) is 0 Å². The Morgan fingerprint density at radius 3 is 2.86 bits per heavy atom. The molecule has 1 aromatic carbocycles. The quantitative estimate of drug-likeness (QED) is 0.789. The minimum atomic E-state index is 0.300. The third-order valence-electron chi connectivity index (χ3n) is 1.48. The Balaban J connectivity index is 2.25. The molecule has 1 heterocycles. The molecule has 0 amide bonds. The van der Waals surface area contributed by atoms with Gasteiger partial charge in [0.1, 0.15) is 5.75 Å². The monoisotopic (exact) mass is 228 g/mol. The van der Waals surface area contributed by atoms with E-state index in [0.29, 0.717) is 21.7 Å². The van der Waals surface area contributed by atoms with Crippen LogP contribution >= 0.6 is 23.2 Å². The van der Waals surface area contributed by atoms with E-state index < -0.39 is 0 Å². The van der Waals surface area contributed by atoms with Gasteiger partial charge in [-0.15, -0.1) is 0 Å². The summed E-state index contributed by atoms with van der Waals surface area (Å²) in [5.74, 6) is 0.771. The fourth-order valence-corrected chi connectivity index (χ4v) is 1.34. The van der Waals surface area contributed by atoms with Crippen molar-refractivity contribution >= 4 is 23.2 Å². The standard InChI is InChI=1S/C9H4Cl2NO2/c10-6-1-2-8(7(11)3-6)14-9-4-13-5-12-9/h1-4H. The molecule has 0 N–H and O–H groups in total. The van der Waals surface area contributed by atoms with Gasteiger partial charge in [0.25, 0.3) is 12.3 Å². The first-order chi connectivity index (χ1) is 6.75. The van der Waals surface area contributed by atoms with Crippen molar-refractivity contribution in [2.24, 2.45) is 0 Å². The highest BCUT2D eigenvalue weighted by molar-refractivity contribution is 6.35. The summed E-state index contributed by atoms with van der Waals surface area (Å²) < 4.78 is 9.90. The highest BCUT2D eigenvalue weighted by Crippen LogP contribution is 2.30. The number of aromatic nitrogens is 1. The van der Waals surface area contributed by atoms with E-state index in [1.807, 2.05) is 0 Å². The molecule has 0 aliphatic rings. The second-order valence-corrected chi connectivity index (χ2v) is 3.30. The van der Waals surface area contributed by atoms with Gasteiger partial charge in [-0.05, 0) is 18.2 Å². The number of benzene rings is 1. The normalized spacial score (nSPS) is 10.1. The van der Waals surface area contributed by atoms with E-state index >= 15 is 0 Å². The molecule has 0 spiro atoms. The van der Waals surface area contributed by atoms with E-state index in [2.05, 4.69) is 15.8 Å². The Hall–Kier alpha value is -1.19. The van der Waals surface area contributed by atoms with Crippen LogP contribution in [0.4, 0.5) is 0 Å². The molecule has 0 aliphatic carbocycles.